The summed E-state index contributed by atoms with van der Waals surface area (Å²) in [4.78, 5) is 15.9. The van der Waals surface area contributed by atoms with Gasteiger partial charge in [-0.05, 0) is 41.6 Å². The van der Waals surface area contributed by atoms with Crippen molar-refractivity contribution in [2.24, 2.45) is 0 Å². The minimum absolute atomic E-state index is 0.0216. The normalized spacial score (nSPS) is 14.4. The molecule has 0 radical (unpaired) electrons. The van der Waals surface area contributed by atoms with Crippen LogP contribution in [0.2, 0.25) is 5.02 Å². The van der Waals surface area contributed by atoms with Crippen LogP contribution < -0.4 is 0 Å². The van der Waals surface area contributed by atoms with Gasteiger partial charge in [-0.25, -0.2) is 4.52 Å². The number of amides is 1. The summed E-state index contributed by atoms with van der Waals surface area (Å²) >= 11 is 7.71. The number of thiophene rings is 1. The molecular formula is C15H12ClN3OS. The van der Waals surface area contributed by atoms with E-state index in [1.165, 1.54) is 10.4 Å². The van der Waals surface area contributed by atoms with Gasteiger partial charge in [0.2, 0.25) is 0 Å². The van der Waals surface area contributed by atoms with Crippen molar-refractivity contribution in [1.82, 2.24) is 14.5 Å². The van der Waals surface area contributed by atoms with Gasteiger partial charge in [0.1, 0.15) is 0 Å². The van der Waals surface area contributed by atoms with Crippen LogP contribution in [0.15, 0.2) is 35.8 Å². The molecule has 0 atom stereocenters. The highest BCUT2D eigenvalue weighted by atomic mass is 35.5. The van der Waals surface area contributed by atoms with E-state index in [4.69, 9.17) is 11.6 Å². The highest BCUT2D eigenvalue weighted by Crippen LogP contribution is 2.25. The number of rotatable bonds is 1. The van der Waals surface area contributed by atoms with Crippen molar-refractivity contribution in [2.45, 2.75) is 13.0 Å². The van der Waals surface area contributed by atoms with Crippen LogP contribution in [0.3, 0.4) is 0 Å². The number of nitrogens with zero attached hydrogens (tertiary/aromatic N) is 3. The lowest BCUT2D eigenvalue weighted by Crippen LogP contribution is -2.35. The molecule has 0 unspecified atom stereocenters. The molecule has 1 aliphatic rings. The first-order valence-corrected chi connectivity index (χ1v) is 7.96. The second-order valence-corrected chi connectivity index (χ2v) is 6.53. The molecule has 3 aromatic heterocycles. The third-order valence-corrected chi connectivity index (χ3v) is 4.98. The fourth-order valence-electron chi connectivity index (χ4n) is 2.65. The average Bonchev–Trinajstić information content (AvgIpc) is 3.11. The molecule has 0 fully saturated rings. The minimum Gasteiger partial charge on any atom is -0.333 e. The lowest BCUT2D eigenvalue weighted by Gasteiger charge is -2.26. The molecule has 1 amide bonds. The first kappa shape index (κ1) is 12.9. The van der Waals surface area contributed by atoms with Crippen molar-refractivity contribution in [1.29, 1.82) is 0 Å². The van der Waals surface area contributed by atoms with E-state index >= 15 is 0 Å². The zero-order valence-electron chi connectivity index (χ0n) is 11.1. The van der Waals surface area contributed by atoms with Crippen LogP contribution in [0.4, 0.5) is 0 Å². The van der Waals surface area contributed by atoms with E-state index in [-0.39, 0.29) is 5.91 Å². The van der Waals surface area contributed by atoms with Crippen LogP contribution in [-0.2, 0) is 13.0 Å². The van der Waals surface area contributed by atoms with Gasteiger partial charge in [-0.2, -0.15) is 5.10 Å². The van der Waals surface area contributed by atoms with Crippen LogP contribution in [-0.4, -0.2) is 27.0 Å². The average molecular weight is 318 g/mol. The fourth-order valence-corrected chi connectivity index (χ4v) is 3.70. The number of hydrogen-bond donors (Lipinski definition) is 0. The molecule has 3 aromatic rings. The first-order valence-electron chi connectivity index (χ1n) is 6.70. The Kier molecular flexibility index (Phi) is 2.97. The second-order valence-electron chi connectivity index (χ2n) is 5.09. The summed E-state index contributed by atoms with van der Waals surface area (Å²) in [5, 5.41) is 7.03. The standard InChI is InChI=1S/C15H12ClN3OS/c16-11-1-2-12-7-13(17-19(12)9-11)15(20)18-5-3-14-10(8-18)4-6-21-14/h1-2,4,6-7,9H,3,5,8H2. The maximum Gasteiger partial charge on any atom is 0.274 e. The number of carbonyl (C=O) groups excluding carboxylic acids is 1. The van der Waals surface area contributed by atoms with Gasteiger partial charge in [-0.3, -0.25) is 4.79 Å². The first-order chi connectivity index (χ1) is 10.2. The summed E-state index contributed by atoms with van der Waals surface area (Å²) < 4.78 is 1.65. The van der Waals surface area contributed by atoms with Crippen molar-refractivity contribution in [3.05, 3.63) is 57.0 Å². The third-order valence-electron chi connectivity index (χ3n) is 3.74. The summed E-state index contributed by atoms with van der Waals surface area (Å²) in [6.07, 6.45) is 2.64. The maximum absolute atomic E-state index is 12.6. The van der Waals surface area contributed by atoms with Gasteiger partial charge >= 0.3 is 0 Å². The largest absolute Gasteiger partial charge is 0.333 e. The number of halogens is 1. The Morgan fingerprint density at radius 1 is 1.33 bits per heavy atom. The van der Waals surface area contributed by atoms with E-state index in [9.17, 15) is 4.79 Å². The Balaban J connectivity index is 1.64. The molecule has 0 aliphatic carbocycles. The van der Waals surface area contributed by atoms with E-state index in [0.29, 0.717) is 17.3 Å². The zero-order chi connectivity index (χ0) is 14.4. The molecule has 0 spiro atoms. The van der Waals surface area contributed by atoms with Gasteiger partial charge in [0.25, 0.3) is 5.91 Å². The molecule has 4 nitrogen and oxygen atoms in total. The smallest absolute Gasteiger partial charge is 0.274 e. The summed E-state index contributed by atoms with van der Waals surface area (Å²) in [6.45, 7) is 1.42. The third kappa shape index (κ3) is 2.22. The Morgan fingerprint density at radius 2 is 2.24 bits per heavy atom. The zero-order valence-corrected chi connectivity index (χ0v) is 12.7. The van der Waals surface area contributed by atoms with Gasteiger partial charge in [-0.1, -0.05) is 11.6 Å². The topological polar surface area (TPSA) is 37.6 Å². The van der Waals surface area contributed by atoms with Gasteiger partial charge in [0.15, 0.2) is 5.69 Å². The van der Waals surface area contributed by atoms with E-state index in [0.717, 1.165) is 18.5 Å². The Hall–Kier alpha value is -1.85. The minimum atomic E-state index is -0.0216. The van der Waals surface area contributed by atoms with Crippen LogP contribution in [0.25, 0.3) is 5.52 Å². The summed E-state index contributed by atoms with van der Waals surface area (Å²) in [5.74, 6) is -0.0216. The molecule has 106 valence electrons. The van der Waals surface area contributed by atoms with E-state index in [2.05, 4.69) is 16.5 Å². The summed E-state index contributed by atoms with van der Waals surface area (Å²) in [5.41, 5.74) is 2.60. The highest BCUT2D eigenvalue weighted by molar-refractivity contribution is 7.10. The summed E-state index contributed by atoms with van der Waals surface area (Å²) in [6, 6.07) is 7.56. The number of carbonyl (C=O) groups is 1. The fraction of sp³-hybridized carbons (Fsp3) is 0.200. The van der Waals surface area contributed by atoms with Crippen molar-refractivity contribution in [2.75, 3.05) is 6.54 Å². The number of aromatic nitrogens is 2. The van der Waals surface area contributed by atoms with Crippen molar-refractivity contribution >= 4 is 34.4 Å². The van der Waals surface area contributed by atoms with E-state index in [1.54, 1.807) is 28.1 Å². The highest BCUT2D eigenvalue weighted by Gasteiger charge is 2.24. The van der Waals surface area contributed by atoms with Crippen LogP contribution in [0, 0.1) is 0 Å². The van der Waals surface area contributed by atoms with Gasteiger partial charge in [0, 0.05) is 24.2 Å². The monoisotopic (exact) mass is 317 g/mol. The molecule has 6 heteroatoms. The maximum atomic E-state index is 12.6. The number of fused-ring (bicyclic) bond motifs is 2. The van der Waals surface area contributed by atoms with Crippen LogP contribution >= 0.6 is 22.9 Å². The quantitative estimate of drug-likeness (QED) is 0.691. The Morgan fingerprint density at radius 3 is 3.14 bits per heavy atom. The van der Waals surface area contributed by atoms with Gasteiger partial charge < -0.3 is 4.90 Å². The second kappa shape index (κ2) is 4.86. The van der Waals surface area contributed by atoms with Crippen LogP contribution in [0.1, 0.15) is 20.9 Å². The molecule has 0 aromatic carbocycles. The predicted octanol–water partition coefficient (Wildman–Crippen LogP) is 3.25. The van der Waals surface area contributed by atoms with Gasteiger partial charge in [-0.15, -0.1) is 11.3 Å². The van der Waals surface area contributed by atoms with E-state index in [1.807, 2.05) is 17.0 Å². The Bertz CT molecular complexity index is 838. The van der Waals surface area contributed by atoms with Crippen molar-refractivity contribution in [3.8, 4) is 0 Å². The Labute approximate surface area is 130 Å². The molecule has 0 saturated heterocycles. The van der Waals surface area contributed by atoms with Crippen molar-refractivity contribution in [3.63, 3.8) is 0 Å². The molecule has 0 bridgehead atoms. The molecular weight excluding hydrogens is 306 g/mol. The summed E-state index contributed by atoms with van der Waals surface area (Å²) in [7, 11) is 0. The lowest BCUT2D eigenvalue weighted by molar-refractivity contribution is 0.0729. The van der Waals surface area contributed by atoms with Crippen molar-refractivity contribution < 1.29 is 4.79 Å². The molecule has 21 heavy (non-hydrogen) atoms. The lowest BCUT2D eigenvalue weighted by atomic mass is 10.1. The predicted molar refractivity (Wildman–Crippen MR) is 83.0 cm³/mol. The van der Waals surface area contributed by atoms with Gasteiger partial charge in [0.05, 0.1) is 10.5 Å². The number of pyridine rings is 1. The SMILES string of the molecule is O=C(c1cc2ccc(Cl)cn2n1)N1CCc2sccc2C1. The van der Waals surface area contributed by atoms with Crippen LogP contribution in [0.5, 0.6) is 0 Å². The molecule has 1 aliphatic heterocycles. The molecule has 0 N–H and O–H groups in total. The molecule has 4 rings (SSSR count). The van der Waals surface area contributed by atoms with E-state index < -0.39 is 0 Å². The molecule has 0 saturated carbocycles. The molecule has 4 heterocycles. The number of hydrogen-bond acceptors (Lipinski definition) is 3.